The summed E-state index contributed by atoms with van der Waals surface area (Å²) in [5, 5.41) is 2.94. The molecule has 0 saturated carbocycles. The summed E-state index contributed by atoms with van der Waals surface area (Å²) >= 11 is 11.7. The first-order valence-electron chi connectivity index (χ1n) is 5.97. The van der Waals surface area contributed by atoms with Crippen LogP contribution in [0, 0.1) is 0 Å². The maximum absolute atomic E-state index is 12.0. The molecular formula is C12H14Cl2N2O3S. The minimum absolute atomic E-state index is 0.214. The Labute approximate surface area is 127 Å². The van der Waals surface area contributed by atoms with Gasteiger partial charge in [-0.1, -0.05) is 23.2 Å². The molecule has 1 aromatic carbocycles. The van der Waals surface area contributed by atoms with Crippen molar-refractivity contribution in [2.24, 2.45) is 0 Å². The molecule has 0 spiro atoms. The summed E-state index contributed by atoms with van der Waals surface area (Å²) in [5.41, 5.74) is 0.521. The van der Waals surface area contributed by atoms with Crippen molar-refractivity contribution in [1.29, 1.82) is 0 Å². The van der Waals surface area contributed by atoms with E-state index >= 15 is 0 Å². The van der Waals surface area contributed by atoms with Crippen LogP contribution in [0.1, 0.15) is 6.42 Å². The Morgan fingerprint density at radius 3 is 2.60 bits per heavy atom. The number of rotatable bonds is 2. The van der Waals surface area contributed by atoms with E-state index in [1.54, 1.807) is 18.2 Å². The number of nitrogens with zero attached hydrogens (tertiary/aromatic N) is 1. The molecule has 0 aromatic heterocycles. The topological polar surface area (TPSA) is 66.5 Å². The predicted octanol–water partition coefficient (Wildman–Crippen LogP) is 2.64. The molecule has 1 saturated heterocycles. The molecule has 1 N–H and O–H groups in total. The first-order chi connectivity index (χ1) is 9.27. The summed E-state index contributed by atoms with van der Waals surface area (Å²) in [6, 6.07) is 4.43. The number of urea groups is 1. The van der Waals surface area contributed by atoms with Gasteiger partial charge in [0.15, 0.2) is 9.84 Å². The Morgan fingerprint density at radius 1 is 1.35 bits per heavy atom. The number of amides is 2. The quantitative estimate of drug-likeness (QED) is 0.902. The third kappa shape index (κ3) is 3.56. The van der Waals surface area contributed by atoms with E-state index in [-0.39, 0.29) is 12.6 Å². The number of nitrogens with one attached hydrogen (secondary N) is 1. The summed E-state index contributed by atoms with van der Waals surface area (Å²) in [5.74, 6) is 0. The standard InChI is InChI=1S/C12H14Cl2N2O3S/c1-20(18,19)9-4-5-16(7-9)12(17)15-8-2-3-10(13)11(14)6-8/h2-3,6,9H,4-5,7H2,1H3,(H,15,17). The first-order valence-corrected chi connectivity index (χ1v) is 8.68. The average Bonchev–Trinajstić information content (AvgIpc) is 2.83. The Morgan fingerprint density at radius 2 is 2.05 bits per heavy atom. The molecule has 0 radical (unpaired) electrons. The zero-order valence-corrected chi connectivity index (χ0v) is 13.1. The zero-order valence-electron chi connectivity index (χ0n) is 10.8. The highest BCUT2D eigenvalue weighted by Gasteiger charge is 2.32. The van der Waals surface area contributed by atoms with Crippen LogP contribution in [-0.2, 0) is 9.84 Å². The summed E-state index contributed by atoms with van der Waals surface area (Å²) in [4.78, 5) is 13.5. The fourth-order valence-electron chi connectivity index (χ4n) is 2.04. The van der Waals surface area contributed by atoms with Gasteiger partial charge in [0.05, 0.1) is 15.3 Å². The lowest BCUT2D eigenvalue weighted by atomic mass is 10.3. The van der Waals surface area contributed by atoms with E-state index in [1.807, 2.05) is 0 Å². The second-order valence-electron chi connectivity index (χ2n) is 4.75. The number of anilines is 1. The second kappa shape index (κ2) is 5.79. The Balaban J connectivity index is 2.01. The summed E-state index contributed by atoms with van der Waals surface area (Å²) in [6.45, 7) is 0.636. The van der Waals surface area contributed by atoms with E-state index in [9.17, 15) is 13.2 Å². The Bertz CT molecular complexity index is 634. The smallest absolute Gasteiger partial charge is 0.321 e. The lowest BCUT2D eigenvalue weighted by molar-refractivity contribution is 0.222. The van der Waals surface area contributed by atoms with Crippen LogP contribution >= 0.6 is 23.2 Å². The molecule has 5 nitrogen and oxygen atoms in total. The van der Waals surface area contributed by atoms with Gasteiger partial charge in [0, 0.05) is 25.0 Å². The number of hydrogen-bond acceptors (Lipinski definition) is 3. The van der Waals surface area contributed by atoms with Crippen molar-refractivity contribution in [1.82, 2.24) is 4.90 Å². The molecule has 0 aliphatic carbocycles. The van der Waals surface area contributed by atoms with Crippen molar-refractivity contribution in [2.45, 2.75) is 11.7 Å². The fraction of sp³-hybridized carbons (Fsp3) is 0.417. The van der Waals surface area contributed by atoms with Crippen molar-refractivity contribution in [3.8, 4) is 0 Å². The molecular weight excluding hydrogens is 323 g/mol. The number of halogens is 2. The Kier molecular flexibility index (Phi) is 4.46. The highest BCUT2D eigenvalue weighted by molar-refractivity contribution is 7.91. The van der Waals surface area contributed by atoms with Crippen LogP contribution in [0.4, 0.5) is 10.5 Å². The van der Waals surface area contributed by atoms with E-state index in [0.29, 0.717) is 28.7 Å². The molecule has 8 heteroatoms. The third-order valence-electron chi connectivity index (χ3n) is 3.21. The van der Waals surface area contributed by atoms with E-state index in [1.165, 1.54) is 11.2 Å². The van der Waals surface area contributed by atoms with Gasteiger partial charge in [-0.2, -0.15) is 0 Å². The minimum atomic E-state index is -3.11. The van der Waals surface area contributed by atoms with Gasteiger partial charge in [0.25, 0.3) is 0 Å². The maximum atomic E-state index is 12.0. The van der Waals surface area contributed by atoms with E-state index in [4.69, 9.17) is 23.2 Å². The van der Waals surface area contributed by atoms with Gasteiger partial charge in [-0.15, -0.1) is 0 Å². The van der Waals surface area contributed by atoms with Gasteiger partial charge >= 0.3 is 6.03 Å². The van der Waals surface area contributed by atoms with Gasteiger partial charge in [0.2, 0.25) is 0 Å². The molecule has 20 heavy (non-hydrogen) atoms. The van der Waals surface area contributed by atoms with Crippen molar-refractivity contribution >= 4 is 44.8 Å². The van der Waals surface area contributed by atoms with Gasteiger partial charge in [-0.05, 0) is 24.6 Å². The number of carbonyl (C=O) groups is 1. The van der Waals surface area contributed by atoms with Crippen molar-refractivity contribution < 1.29 is 13.2 Å². The molecule has 2 rings (SSSR count). The molecule has 1 atom stereocenters. The number of carbonyl (C=O) groups excluding carboxylic acids is 1. The van der Waals surface area contributed by atoms with Crippen LogP contribution in [0.5, 0.6) is 0 Å². The highest BCUT2D eigenvalue weighted by Crippen LogP contribution is 2.25. The first kappa shape index (κ1) is 15.4. The van der Waals surface area contributed by atoms with Gasteiger partial charge in [-0.25, -0.2) is 13.2 Å². The molecule has 110 valence electrons. The molecule has 1 aliphatic rings. The molecule has 2 amide bonds. The van der Waals surface area contributed by atoms with E-state index in [2.05, 4.69) is 5.32 Å². The average molecular weight is 337 g/mol. The fourth-order valence-corrected chi connectivity index (χ4v) is 3.32. The third-order valence-corrected chi connectivity index (χ3v) is 5.54. The summed E-state index contributed by atoms with van der Waals surface area (Å²) < 4.78 is 22.9. The zero-order chi connectivity index (χ0) is 14.9. The van der Waals surface area contributed by atoms with Crippen molar-refractivity contribution in [2.75, 3.05) is 24.7 Å². The summed E-state index contributed by atoms with van der Waals surface area (Å²) in [7, 11) is -3.11. The molecule has 1 aliphatic heterocycles. The normalized spacial score (nSPS) is 19.1. The van der Waals surface area contributed by atoms with Crippen molar-refractivity contribution in [3.05, 3.63) is 28.2 Å². The van der Waals surface area contributed by atoms with Crippen LogP contribution in [0.3, 0.4) is 0 Å². The number of benzene rings is 1. The molecule has 1 unspecified atom stereocenters. The van der Waals surface area contributed by atoms with E-state index in [0.717, 1.165) is 0 Å². The van der Waals surface area contributed by atoms with Gasteiger partial charge < -0.3 is 10.2 Å². The van der Waals surface area contributed by atoms with Crippen LogP contribution < -0.4 is 5.32 Å². The second-order valence-corrected chi connectivity index (χ2v) is 7.89. The van der Waals surface area contributed by atoms with Crippen LogP contribution in [0.2, 0.25) is 10.0 Å². The number of sulfone groups is 1. The monoisotopic (exact) mass is 336 g/mol. The minimum Gasteiger partial charge on any atom is -0.323 e. The largest absolute Gasteiger partial charge is 0.323 e. The molecule has 1 heterocycles. The lowest BCUT2D eigenvalue weighted by Gasteiger charge is -2.17. The van der Waals surface area contributed by atoms with E-state index < -0.39 is 15.1 Å². The number of likely N-dealkylation sites (tertiary alicyclic amines) is 1. The summed E-state index contributed by atoms with van der Waals surface area (Å²) in [6.07, 6.45) is 1.66. The van der Waals surface area contributed by atoms with Gasteiger partial charge in [0.1, 0.15) is 0 Å². The van der Waals surface area contributed by atoms with Gasteiger partial charge in [-0.3, -0.25) is 0 Å². The molecule has 1 aromatic rings. The molecule has 0 bridgehead atoms. The SMILES string of the molecule is CS(=O)(=O)C1CCN(C(=O)Nc2ccc(Cl)c(Cl)c2)C1. The predicted molar refractivity (Wildman–Crippen MR) is 80.3 cm³/mol. The Hall–Kier alpha value is -0.980. The van der Waals surface area contributed by atoms with Crippen LogP contribution in [-0.4, -0.2) is 43.9 Å². The van der Waals surface area contributed by atoms with Crippen LogP contribution in [0.15, 0.2) is 18.2 Å². The highest BCUT2D eigenvalue weighted by atomic mass is 35.5. The van der Waals surface area contributed by atoms with Crippen LogP contribution in [0.25, 0.3) is 0 Å². The maximum Gasteiger partial charge on any atom is 0.321 e. The lowest BCUT2D eigenvalue weighted by Crippen LogP contribution is -2.34. The van der Waals surface area contributed by atoms with Crippen molar-refractivity contribution in [3.63, 3.8) is 0 Å². The number of hydrogen-bond donors (Lipinski definition) is 1. The molecule has 1 fully saturated rings.